The Kier molecular flexibility index (Phi) is 5.39. The van der Waals surface area contributed by atoms with Crippen molar-refractivity contribution in [2.24, 2.45) is 11.7 Å². The van der Waals surface area contributed by atoms with E-state index in [9.17, 15) is 4.79 Å². The van der Waals surface area contributed by atoms with Gasteiger partial charge in [0.05, 0.1) is 0 Å². The topological polar surface area (TPSA) is 64.2 Å². The number of carbonyl (C=O) groups excluding carboxylic acids is 1. The van der Waals surface area contributed by atoms with E-state index >= 15 is 0 Å². The molecule has 1 aromatic heterocycles. The summed E-state index contributed by atoms with van der Waals surface area (Å²) in [4.78, 5) is 18.7. The molecule has 2 atom stereocenters. The smallest absolute Gasteiger partial charge is 0.224 e. The van der Waals surface area contributed by atoms with Crippen LogP contribution < -0.4 is 5.73 Å². The summed E-state index contributed by atoms with van der Waals surface area (Å²) in [5.41, 5.74) is 5.98. The quantitative estimate of drug-likeness (QED) is 0.902. The normalized spacial score (nSPS) is 20.8. The number of amides is 1. The summed E-state index contributed by atoms with van der Waals surface area (Å²) in [5, 5.41) is 0. The van der Waals surface area contributed by atoms with E-state index in [1.807, 2.05) is 24.2 Å². The fraction of sp³-hybridized carbons (Fsp3) is 0.750. The maximum atomic E-state index is 12.4. The highest BCUT2D eigenvalue weighted by molar-refractivity contribution is 5.76. The Hall–Kier alpha value is -1.36. The van der Waals surface area contributed by atoms with Gasteiger partial charge in [-0.15, -0.1) is 0 Å². The van der Waals surface area contributed by atoms with Gasteiger partial charge >= 0.3 is 0 Å². The van der Waals surface area contributed by atoms with Gasteiger partial charge in [0.25, 0.3) is 0 Å². The average molecular weight is 292 g/mol. The van der Waals surface area contributed by atoms with E-state index in [2.05, 4.69) is 23.4 Å². The number of aromatic nitrogens is 2. The molecule has 1 amide bonds. The Labute approximate surface area is 127 Å². The van der Waals surface area contributed by atoms with Crippen LogP contribution in [0.1, 0.15) is 51.8 Å². The predicted molar refractivity (Wildman–Crippen MR) is 83.9 cm³/mol. The van der Waals surface area contributed by atoms with Crippen molar-refractivity contribution in [3.63, 3.8) is 0 Å². The Morgan fingerprint density at radius 1 is 1.48 bits per heavy atom. The Morgan fingerprint density at radius 3 is 2.90 bits per heavy atom. The van der Waals surface area contributed by atoms with Gasteiger partial charge in [0.1, 0.15) is 5.82 Å². The molecule has 1 aromatic rings. The van der Waals surface area contributed by atoms with Crippen molar-refractivity contribution >= 4 is 5.91 Å². The van der Waals surface area contributed by atoms with Crippen molar-refractivity contribution in [3.8, 4) is 0 Å². The molecule has 118 valence electrons. The molecule has 0 bridgehead atoms. The number of aryl methyl sites for hydroxylation is 1. The van der Waals surface area contributed by atoms with Crippen LogP contribution in [0.15, 0.2) is 12.4 Å². The van der Waals surface area contributed by atoms with Gasteiger partial charge < -0.3 is 15.2 Å². The molecule has 1 aliphatic rings. The Bertz CT molecular complexity index is 467. The largest absolute Gasteiger partial charge is 0.342 e. The molecule has 2 heterocycles. The van der Waals surface area contributed by atoms with Crippen LogP contribution >= 0.6 is 0 Å². The van der Waals surface area contributed by atoms with Gasteiger partial charge in [0, 0.05) is 50.4 Å². The lowest BCUT2D eigenvalue weighted by Gasteiger charge is -2.34. The van der Waals surface area contributed by atoms with Crippen LogP contribution in [0.2, 0.25) is 0 Å². The SMILES string of the molecule is CC(C)c1nccn1CCC(=O)N1CCC[C@@H]([C@H](C)N)C1. The second kappa shape index (κ2) is 7.07. The summed E-state index contributed by atoms with van der Waals surface area (Å²) in [7, 11) is 0. The number of carbonyl (C=O) groups is 1. The molecule has 2 N–H and O–H groups in total. The predicted octanol–water partition coefficient (Wildman–Crippen LogP) is 1.98. The fourth-order valence-electron chi connectivity index (χ4n) is 3.05. The highest BCUT2D eigenvalue weighted by atomic mass is 16.2. The van der Waals surface area contributed by atoms with Crippen LogP contribution in [0.3, 0.4) is 0 Å². The Morgan fingerprint density at radius 2 is 2.24 bits per heavy atom. The van der Waals surface area contributed by atoms with Gasteiger partial charge in [0.2, 0.25) is 5.91 Å². The number of hydrogen-bond acceptors (Lipinski definition) is 3. The van der Waals surface area contributed by atoms with E-state index in [4.69, 9.17) is 5.73 Å². The van der Waals surface area contributed by atoms with Gasteiger partial charge in [-0.1, -0.05) is 13.8 Å². The molecule has 0 aliphatic carbocycles. The molecule has 1 aliphatic heterocycles. The first kappa shape index (κ1) is 16.0. The van der Waals surface area contributed by atoms with E-state index in [0.29, 0.717) is 24.8 Å². The van der Waals surface area contributed by atoms with Crippen molar-refractivity contribution in [3.05, 3.63) is 18.2 Å². The van der Waals surface area contributed by atoms with Crippen molar-refractivity contribution < 1.29 is 4.79 Å². The molecule has 1 saturated heterocycles. The number of rotatable bonds is 5. The molecular formula is C16H28N4O. The standard InChI is InChI=1S/C16H28N4O/c1-12(2)16-18-7-10-19(16)9-6-15(21)20-8-4-5-14(11-20)13(3)17/h7,10,12-14H,4-6,8-9,11,17H2,1-3H3/t13-,14+/m0/s1. The minimum Gasteiger partial charge on any atom is -0.342 e. The van der Waals surface area contributed by atoms with Crippen LogP contribution in [0.4, 0.5) is 0 Å². The fourth-order valence-corrected chi connectivity index (χ4v) is 3.05. The molecule has 5 heteroatoms. The van der Waals surface area contributed by atoms with Crippen molar-refractivity contribution in [2.75, 3.05) is 13.1 Å². The lowest BCUT2D eigenvalue weighted by atomic mass is 9.92. The summed E-state index contributed by atoms with van der Waals surface area (Å²) in [6.07, 6.45) is 6.53. The first-order chi connectivity index (χ1) is 9.99. The zero-order valence-corrected chi connectivity index (χ0v) is 13.5. The number of piperidine rings is 1. The van der Waals surface area contributed by atoms with E-state index < -0.39 is 0 Å². The second-order valence-corrected chi connectivity index (χ2v) is 6.48. The molecule has 5 nitrogen and oxygen atoms in total. The number of likely N-dealkylation sites (tertiary alicyclic amines) is 1. The number of nitrogens with two attached hydrogens (primary N) is 1. The third-order valence-corrected chi connectivity index (χ3v) is 4.38. The van der Waals surface area contributed by atoms with Crippen LogP contribution in [-0.2, 0) is 11.3 Å². The van der Waals surface area contributed by atoms with Gasteiger partial charge in [0.15, 0.2) is 0 Å². The lowest BCUT2D eigenvalue weighted by Crippen LogP contribution is -2.45. The highest BCUT2D eigenvalue weighted by Gasteiger charge is 2.25. The summed E-state index contributed by atoms with van der Waals surface area (Å²) in [6, 6.07) is 0.168. The zero-order valence-electron chi connectivity index (χ0n) is 13.5. The molecule has 2 rings (SSSR count). The first-order valence-electron chi connectivity index (χ1n) is 8.03. The van der Waals surface area contributed by atoms with E-state index in [1.54, 1.807) is 0 Å². The number of imidazole rings is 1. The maximum absolute atomic E-state index is 12.4. The monoisotopic (exact) mass is 292 g/mol. The highest BCUT2D eigenvalue weighted by Crippen LogP contribution is 2.20. The summed E-state index contributed by atoms with van der Waals surface area (Å²) < 4.78 is 2.09. The minimum atomic E-state index is 0.168. The second-order valence-electron chi connectivity index (χ2n) is 6.48. The van der Waals surface area contributed by atoms with Crippen molar-refractivity contribution in [2.45, 2.75) is 58.5 Å². The summed E-state index contributed by atoms with van der Waals surface area (Å²) >= 11 is 0. The zero-order chi connectivity index (χ0) is 15.4. The van der Waals surface area contributed by atoms with Gasteiger partial charge in [-0.2, -0.15) is 0 Å². The molecule has 21 heavy (non-hydrogen) atoms. The van der Waals surface area contributed by atoms with Crippen LogP contribution in [0.5, 0.6) is 0 Å². The molecule has 0 unspecified atom stereocenters. The van der Waals surface area contributed by atoms with E-state index in [0.717, 1.165) is 31.8 Å². The van der Waals surface area contributed by atoms with Gasteiger partial charge in [-0.3, -0.25) is 4.79 Å². The average Bonchev–Trinajstić information content (AvgIpc) is 2.93. The van der Waals surface area contributed by atoms with Crippen LogP contribution in [-0.4, -0.2) is 39.5 Å². The third-order valence-electron chi connectivity index (χ3n) is 4.38. The molecular weight excluding hydrogens is 264 g/mol. The molecule has 0 radical (unpaired) electrons. The molecule has 0 spiro atoms. The van der Waals surface area contributed by atoms with E-state index in [1.165, 1.54) is 0 Å². The summed E-state index contributed by atoms with van der Waals surface area (Å²) in [6.45, 7) is 8.70. The van der Waals surface area contributed by atoms with Gasteiger partial charge in [-0.25, -0.2) is 4.98 Å². The van der Waals surface area contributed by atoms with Crippen molar-refractivity contribution in [1.29, 1.82) is 0 Å². The molecule has 1 fully saturated rings. The van der Waals surface area contributed by atoms with Crippen LogP contribution in [0, 0.1) is 5.92 Å². The lowest BCUT2D eigenvalue weighted by molar-refractivity contribution is -0.133. The van der Waals surface area contributed by atoms with Crippen molar-refractivity contribution in [1.82, 2.24) is 14.5 Å². The third kappa shape index (κ3) is 4.06. The number of nitrogens with zero attached hydrogens (tertiary/aromatic N) is 3. The van der Waals surface area contributed by atoms with E-state index in [-0.39, 0.29) is 11.9 Å². The van der Waals surface area contributed by atoms with Gasteiger partial charge in [-0.05, 0) is 25.7 Å². The molecule has 0 aromatic carbocycles. The first-order valence-corrected chi connectivity index (χ1v) is 8.03. The number of hydrogen-bond donors (Lipinski definition) is 1. The van der Waals surface area contributed by atoms with Crippen LogP contribution in [0.25, 0.3) is 0 Å². The summed E-state index contributed by atoms with van der Waals surface area (Å²) in [5.74, 6) is 2.12. The maximum Gasteiger partial charge on any atom is 0.224 e. The minimum absolute atomic E-state index is 0.168. The molecule has 0 saturated carbocycles. The Balaban J connectivity index is 1.88.